The highest BCUT2D eigenvalue weighted by molar-refractivity contribution is 5.78. The second-order valence-corrected chi connectivity index (χ2v) is 7.16. The average molecular weight is 376 g/mol. The molecule has 0 spiro atoms. The molecule has 28 heavy (non-hydrogen) atoms. The van der Waals surface area contributed by atoms with Crippen LogP contribution in [-0.4, -0.2) is 40.7 Å². The van der Waals surface area contributed by atoms with Gasteiger partial charge in [-0.15, -0.1) is 0 Å². The zero-order valence-electron chi connectivity index (χ0n) is 15.9. The molecule has 0 aliphatic carbocycles. The van der Waals surface area contributed by atoms with Gasteiger partial charge in [0.05, 0.1) is 24.4 Å². The van der Waals surface area contributed by atoms with Gasteiger partial charge in [-0.25, -0.2) is 0 Å². The molecule has 1 aromatic heterocycles. The number of piperidine rings is 1. The van der Waals surface area contributed by atoms with E-state index in [1.165, 1.54) is 0 Å². The van der Waals surface area contributed by atoms with Crippen molar-refractivity contribution < 1.29 is 14.6 Å². The summed E-state index contributed by atoms with van der Waals surface area (Å²) in [5.41, 5.74) is 2.70. The van der Waals surface area contributed by atoms with Crippen LogP contribution in [0, 0.1) is 0 Å². The number of fused-ring (bicyclic) bond motifs is 1. The molecule has 1 aliphatic heterocycles. The lowest BCUT2D eigenvalue weighted by Crippen LogP contribution is -2.47. The van der Waals surface area contributed by atoms with Crippen LogP contribution >= 0.6 is 0 Å². The second kappa shape index (κ2) is 7.98. The minimum absolute atomic E-state index is 0.276. The third-order valence-electron chi connectivity index (χ3n) is 5.49. The first-order valence-electron chi connectivity index (χ1n) is 9.66. The van der Waals surface area contributed by atoms with Crippen molar-refractivity contribution in [2.24, 2.45) is 0 Å². The number of hydrogen-bond donors (Lipinski definition) is 1. The molecule has 4 rings (SSSR count). The number of para-hydroxylation sites is 2. The fourth-order valence-corrected chi connectivity index (χ4v) is 4.16. The minimum atomic E-state index is -0.777. The average Bonchev–Trinajstić information content (AvgIpc) is 2.74. The van der Waals surface area contributed by atoms with Gasteiger partial charge in [-0.2, -0.15) is 0 Å². The summed E-state index contributed by atoms with van der Waals surface area (Å²) in [5, 5.41) is 10.9. The number of rotatable bonds is 5. The van der Waals surface area contributed by atoms with Gasteiger partial charge in [0.2, 0.25) is 0 Å². The Labute approximate surface area is 164 Å². The number of carbonyl (C=O) groups is 1. The van der Waals surface area contributed by atoms with Crippen LogP contribution in [0.4, 0.5) is 0 Å². The van der Waals surface area contributed by atoms with Crippen LogP contribution in [0.15, 0.2) is 60.7 Å². The molecule has 0 saturated carbocycles. The molecule has 3 aromatic rings. The molecular weight excluding hydrogens is 352 g/mol. The lowest BCUT2D eigenvalue weighted by atomic mass is 9.93. The van der Waals surface area contributed by atoms with E-state index in [0.717, 1.165) is 40.8 Å². The van der Waals surface area contributed by atoms with Gasteiger partial charge in [-0.05, 0) is 37.6 Å². The number of carboxylic acid groups (broad SMARTS) is 1. The van der Waals surface area contributed by atoms with Gasteiger partial charge in [0.15, 0.2) is 0 Å². The Morgan fingerprint density at radius 2 is 1.89 bits per heavy atom. The molecule has 5 heteroatoms. The number of aromatic nitrogens is 1. The van der Waals surface area contributed by atoms with Gasteiger partial charge in [-0.1, -0.05) is 48.9 Å². The van der Waals surface area contributed by atoms with Crippen molar-refractivity contribution >= 4 is 16.9 Å². The van der Waals surface area contributed by atoms with Crippen LogP contribution < -0.4 is 4.74 Å². The maximum Gasteiger partial charge on any atom is 0.320 e. The Kier molecular flexibility index (Phi) is 5.26. The molecule has 0 bridgehead atoms. The molecule has 1 saturated heterocycles. The molecule has 144 valence electrons. The van der Waals surface area contributed by atoms with Crippen LogP contribution in [-0.2, 0) is 4.79 Å². The summed E-state index contributed by atoms with van der Waals surface area (Å²) in [7, 11) is 1.65. The Balaban J connectivity index is 1.88. The first-order valence-corrected chi connectivity index (χ1v) is 9.66. The number of nitrogens with zero attached hydrogens (tertiary/aromatic N) is 2. The number of pyridine rings is 1. The van der Waals surface area contributed by atoms with E-state index in [1.807, 2.05) is 54.6 Å². The van der Waals surface area contributed by atoms with E-state index in [1.54, 1.807) is 7.11 Å². The van der Waals surface area contributed by atoms with Crippen molar-refractivity contribution in [3.05, 3.63) is 71.9 Å². The van der Waals surface area contributed by atoms with Gasteiger partial charge in [0.25, 0.3) is 0 Å². The molecule has 2 aromatic carbocycles. The molecule has 0 amide bonds. The molecular formula is C23H24N2O3. The van der Waals surface area contributed by atoms with Crippen molar-refractivity contribution in [3.8, 4) is 5.75 Å². The lowest BCUT2D eigenvalue weighted by Gasteiger charge is -2.39. The van der Waals surface area contributed by atoms with Gasteiger partial charge >= 0.3 is 5.97 Å². The summed E-state index contributed by atoms with van der Waals surface area (Å²) < 4.78 is 5.62. The number of likely N-dealkylation sites (tertiary alicyclic amines) is 1. The highest BCUT2D eigenvalue weighted by Gasteiger charge is 2.36. The normalized spacial score (nSPS) is 18.7. The van der Waals surface area contributed by atoms with Crippen LogP contribution in [0.2, 0.25) is 0 Å². The van der Waals surface area contributed by atoms with Crippen LogP contribution in [0.5, 0.6) is 5.75 Å². The van der Waals surface area contributed by atoms with E-state index in [2.05, 4.69) is 11.0 Å². The summed E-state index contributed by atoms with van der Waals surface area (Å²) in [6, 6.07) is 19.1. The van der Waals surface area contributed by atoms with Crippen molar-refractivity contribution in [3.63, 3.8) is 0 Å². The first-order chi connectivity index (χ1) is 13.7. The maximum atomic E-state index is 12.0. The summed E-state index contributed by atoms with van der Waals surface area (Å²) in [6.45, 7) is 0.716. The molecule has 5 nitrogen and oxygen atoms in total. The van der Waals surface area contributed by atoms with E-state index in [-0.39, 0.29) is 6.04 Å². The summed E-state index contributed by atoms with van der Waals surface area (Å²) in [5.74, 6) is -0.0300. The van der Waals surface area contributed by atoms with E-state index in [4.69, 9.17) is 9.72 Å². The molecule has 0 radical (unpaired) electrons. The number of benzene rings is 2. The van der Waals surface area contributed by atoms with E-state index in [9.17, 15) is 9.90 Å². The number of hydrogen-bond acceptors (Lipinski definition) is 4. The van der Waals surface area contributed by atoms with E-state index < -0.39 is 12.0 Å². The molecule has 1 N–H and O–H groups in total. The largest absolute Gasteiger partial charge is 0.496 e. The number of methoxy groups -OCH3 is 1. The van der Waals surface area contributed by atoms with Crippen molar-refractivity contribution in [2.45, 2.75) is 31.3 Å². The third-order valence-corrected chi connectivity index (χ3v) is 5.49. The Morgan fingerprint density at radius 1 is 1.11 bits per heavy atom. The van der Waals surface area contributed by atoms with Crippen molar-refractivity contribution in [1.29, 1.82) is 0 Å². The van der Waals surface area contributed by atoms with Gasteiger partial charge in [0.1, 0.15) is 11.8 Å². The standard InChI is InChI=1S/C23H24N2O3/c1-28-21-12-5-3-9-17(21)22(25-15-7-6-11-20(25)23(26)27)19-14-13-16-8-2-4-10-18(16)24-19/h2-5,8-10,12-14,20,22H,6-7,11,15H2,1H3,(H,26,27). The predicted molar refractivity (Wildman–Crippen MR) is 109 cm³/mol. The zero-order valence-corrected chi connectivity index (χ0v) is 15.9. The maximum absolute atomic E-state index is 12.0. The van der Waals surface area contributed by atoms with Crippen LogP contribution in [0.25, 0.3) is 10.9 Å². The molecule has 2 unspecified atom stereocenters. The minimum Gasteiger partial charge on any atom is -0.496 e. The van der Waals surface area contributed by atoms with Crippen LogP contribution in [0.1, 0.15) is 36.6 Å². The highest BCUT2D eigenvalue weighted by Crippen LogP contribution is 2.38. The topological polar surface area (TPSA) is 62.7 Å². The summed E-state index contributed by atoms with van der Waals surface area (Å²) in [6.07, 6.45) is 2.55. The van der Waals surface area contributed by atoms with Crippen molar-refractivity contribution in [1.82, 2.24) is 9.88 Å². The number of carboxylic acids is 1. The Bertz CT molecular complexity index is 988. The highest BCUT2D eigenvalue weighted by atomic mass is 16.5. The van der Waals surface area contributed by atoms with Gasteiger partial charge < -0.3 is 9.84 Å². The molecule has 2 atom stereocenters. The van der Waals surface area contributed by atoms with E-state index >= 15 is 0 Å². The van der Waals surface area contributed by atoms with Crippen molar-refractivity contribution in [2.75, 3.05) is 13.7 Å². The number of aliphatic carboxylic acids is 1. The first kappa shape index (κ1) is 18.4. The third kappa shape index (κ3) is 3.45. The summed E-state index contributed by atoms with van der Waals surface area (Å²) >= 11 is 0. The number of ether oxygens (including phenoxy) is 1. The SMILES string of the molecule is COc1ccccc1C(c1ccc2ccccc2n1)N1CCCCC1C(=O)O. The Morgan fingerprint density at radius 3 is 2.71 bits per heavy atom. The zero-order chi connectivity index (χ0) is 19.5. The second-order valence-electron chi connectivity index (χ2n) is 7.16. The summed E-state index contributed by atoms with van der Waals surface area (Å²) in [4.78, 5) is 19.0. The van der Waals surface area contributed by atoms with Gasteiger partial charge in [0, 0.05) is 10.9 Å². The fraction of sp³-hybridized carbons (Fsp3) is 0.304. The molecule has 1 aliphatic rings. The quantitative estimate of drug-likeness (QED) is 0.720. The van der Waals surface area contributed by atoms with Gasteiger partial charge in [-0.3, -0.25) is 14.7 Å². The van der Waals surface area contributed by atoms with E-state index in [0.29, 0.717) is 13.0 Å². The molecule has 1 fully saturated rings. The fourth-order valence-electron chi connectivity index (χ4n) is 4.16. The molecule has 2 heterocycles. The smallest absolute Gasteiger partial charge is 0.320 e. The predicted octanol–water partition coefficient (Wildman–Crippen LogP) is 4.27. The van der Waals surface area contributed by atoms with Crippen LogP contribution in [0.3, 0.4) is 0 Å². The lowest BCUT2D eigenvalue weighted by molar-refractivity contribution is -0.145. The monoisotopic (exact) mass is 376 g/mol. The Hall–Kier alpha value is -2.92.